The summed E-state index contributed by atoms with van der Waals surface area (Å²) in [4.78, 5) is 36.9. The molecule has 5 heteroatoms. The lowest BCUT2D eigenvalue weighted by atomic mass is 10.1. The van der Waals surface area contributed by atoms with E-state index in [-0.39, 0.29) is 23.6 Å². The molecule has 2 amide bonds. The highest BCUT2D eigenvalue weighted by Gasteiger charge is 2.35. The Balaban J connectivity index is 1.95. The van der Waals surface area contributed by atoms with Gasteiger partial charge in [-0.25, -0.2) is 0 Å². The maximum absolute atomic E-state index is 12.3. The topological polar surface area (TPSA) is 54.5 Å². The molecular formula is C16H10ClNO3. The summed E-state index contributed by atoms with van der Waals surface area (Å²) in [6.45, 7) is 0.206. The van der Waals surface area contributed by atoms with E-state index in [1.807, 2.05) is 30.3 Å². The van der Waals surface area contributed by atoms with Gasteiger partial charge in [0.15, 0.2) is 0 Å². The Kier molecular flexibility index (Phi) is 3.31. The van der Waals surface area contributed by atoms with Gasteiger partial charge in [0.25, 0.3) is 17.1 Å². The molecular weight excluding hydrogens is 290 g/mol. The van der Waals surface area contributed by atoms with Crippen molar-refractivity contribution in [2.45, 2.75) is 6.54 Å². The summed E-state index contributed by atoms with van der Waals surface area (Å²) < 4.78 is 0. The molecule has 0 aromatic heterocycles. The zero-order chi connectivity index (χ0) is 15.0. The Morgan fingerprint density at radius 3 is 2.29 bits per heavy atom. The zero-order valence-corrected chi connectivity index (χ0v) is 11.6. The smallest absolute Gasteiger partial charge is 0.261 e. The van der Waals surface area contributed by atoms with E-state index < -0.39 is 11.1 Å². The van der Waals surface area contributed by atoms with Crippen LogP contribution in [-0.4, -0.2) is 22.0 Å². The number of rotatable bonds is 3. The number of carbonyl (C=O) groups is 3. The quantitative estimate of drug-likeness (QED) is 0.647. The van der Waals surface area contributed by atoms with Crippen LogP contribution in [0.2, 0.25) is 0 Å². The van der Waals surface area contributed by atoms with E-state index in [2.05, 4.69) is 0 Å². The van der Waals surface area contributed by atoms with Crippen molar-refractivity contribution in [3.8, 4) is 0 Å². The van der Waals surface area contributed by atoms with Crippen LogP contribution < -0.4 is 0 Å². The van der Waals surface area contributed by atoms with Gasteiger partial charge in [-0.2, -0.15) is 0 Å². The first-order valence-corrected chi connectivity index (χ1v) is 6.70. The summed E-state index contributed by atoms with van der Waals surface area (Å²) in [7, 11) is 0. The van der Waals surface area contributed by atoms with Crippen molar-refractivity contribution in [1.82, 2.24) is 4.90 Å². The van der Waals surface area contributed by atoms with Crippen molar-refractivity contribution in [3.63, 3.8) is 0 Å². The molecule has 21 heavy (non-hydrogen) atoms. The molecule has 1 heterocycles. The molecule has 4 nitrogen and oxygen atoms in total. The molecule has 0 saturated heterocycles. The molecule has 3 rings (SSSR count). The molecule has 2 aromatic carbocycles. The Labute approximate surface area is 125 Å². The van der Waals surface area contributed by atoms with Crippen LogP contribution in [0.15, 0.2) is 48.5 Å². The average Bonchev–Trinajstić information content (AvgIpc) is 2.73. The summed E-state index contributed by atoms with van der Waals surface area (Å²) in [5.74, 6) is -0.758. The fraction of sp³-hybridized carbons (Fsp3) is 0.0625. The largest absolute Gasteiger partial charge is 0.276 e. The van der Waals surface area contributed by atoms with Gasteiger partial charge in [0.1, 0.15) is 0 Å². The van der Waals surface area contributed by atoms with Gasteiger partial charge < -0.3 is 0 Å². The normalized spacial score (nSPS) is 13.5. The van der Waals surface area contributed by atoms with Gasteiger partial charge in [-0.1, -0.05) is 30.3 Å². The second-order valence-corrected chi connectivity index (χ2v) is 5.06. The number of carbonyl (C=O) groups excluding carboxylic acids is 3. The standard InChI is InChI=1S/C16H10ClNO3/c17-14(19)11-6-7-12-13(8-11)16(21)18(15(12)20)9-10-4-2-1-3-5-10/h1-8H,9H2. The predicted octanol–water partition coefficient (Wildman–Crippen LogP) is 2.86. The Morgan fingerprint density at radius 1 is 0.952 bits per heavy atom. The van der Waals surface area contributed by atoms with E-state index in [9.17, 15) is 14.4 Å². The molecule has 0 aliphatic carbocycles. The van der Waals surface area contributed by atoms with Crippen molar-refractivity contribution < 1.29 is 14.4 Å². The first-order chi connectivity index (χ1) is 10.1. The number of fused-ring (bicyclic) bond motifs is 1. The first-order valence-electron chi connectivity index (χ1n) is 6.32. The van der Waals surface area contributed by atoms with E-state index in [1.165, 1.54) is 23.1 Å². The maximum Gasteiger partial charge on any atom is 0.261 e. The number of amides is 2. The van der Waals surface area contributed by atoms with Crippen molar-refractivity contribution in [1.29, 1.82) is 0 Å². The lowest BCUT2D eigenvalue weighted by molar-refractivity contribution is 0.0642. The van der Waals surface area contributed by atoms with Crippen LogP contribution in [0.5, 0.6) is 0 Å². The molecule has 0 spiro atoms. The maximum atomic E-state index is 12.3. The highest BCUT2D eigenvalue weighted by molar-refractivity contribution is 6.67. The van der Waals surface area contributed by atoms with Crippen molar-refractivity contribution in [3.05, 3.63) is 70.8 Å². The minimum absolute atomic E-state index is 0.206. The molecule has 1 aliphatic rings. The second-order valence-electron chi connectivity index (χ2n) is 4.72. The molecule has 0 radical (unpaired) electrons. The van der Waals surface area contributed by atoms with Crippen molar-refractivity contribution in [2.24, 2.45) is 0 Å². The van der Waals surface area contributed by atoms with Crippen molar-refractivity contribution >= 4 is 28.7 Å². The van der Waals surface area contributed by atoms with Crippen LogP contribution in [0.4, 0.5) is 0 Å². The predicted molar refractivity (Wildman–Crippen MR) is 77.3 cm³/mol. The Morgan fingerprint density at radius 2 is 1.62 bits per heavy atom. The highest BCUT2D eigenvalue weighted by Crippen LogP contribution is 2.26. The lowest BCUT2D eigenvalue weighted by Gasteiger charge is -2.13. The molecule has 0 atom stereocenters. The number of hydrogen-bond donors (Lipinski definition) is 0. The van der Waals surface area contributed by atoms with E-state index in [0.29, 0.717) is 5.56 Å². The highest BCUT2D eigenvalue weighted by atomic mass is 35.5. The van der Waals surface area contributed by atoms with Crippen LogP contribution in [0.25, 0.3) is 0 Å². The summed E-state index contributed by atoms with van der Waals surface area (Å²) in [5.41, 5.74) is 1.60. The number of halogens is 1. The summed E-state index contributed by atoms with van der Waals surface area (Å²) in [5, 5.41) is -0.653. The molecule has 1 aliphatic heterocycles. The van der Waals surface area contributed by atoms with Gasteiger partial charge in [-0.3, -0.25) is 19.3 Å². The average molecular weight is 300 g/mol. The van der Waals surface area contributed by atoms with E-state index in [4.69, 9.17) is 11.6 Å². The summed E-state index contributed by atoms with van der Waals surface area (Å²) in [6, 6.07) is 13.5. The number of nitrogens with zero attached hydrogens (tertiary/aromatic N) is 1. The molecule has 0 unspecified atom stereocenters. The van der Waals surface area contributed by atoms with Crippen LogP contribution in [0, 0.1) is 0 Å². The number of hydrogen-bond acceptors (Lipinski definition) is 3. The zero-order valence-electron chi connectivity index (χ0n) is 10.9. The first kappa shape index (κ1) is 13.5. The number of imide groups is 1. The van der Waals surface area contributed by atoms with E-state index in [1.54, 1.807) is 0 Å². The monoisotopic (exact) mass is 299 g/mol. The third-order valence-corrected chi connectivity index (χ3v) is 3.60. The lowest BCUT2D eigenvalue weighted by Crippen LogP contribution is -2.29. The van der Waals surface area contributed by atoms with Gasteiger partial charge in [-0.05, 0) is 35.4 Å². The minimum Gasteiger partial charge on any atom is -0.276 e. The van der Waals surface area contributed by atoms with Gasteiger partial charge in [0, 0.05) is 5.56 Å². The molecule has 2 aromatic rings. The van der Waals surface area contributed by atoms with Crippen molar-refractivity contribution in [2.75, 3.05) is 0 Å². The third kappa shape index (κ3) is 2.34. The Bertz CT molecular complexity index is 755. The Hall–Kier alpha value is -2.46. The van der Waals surface area contributed by atoms with Gasteiger partial charge in [-0.15, -0.1) is 0 Å². The fourth-order valence-electron chi connectivity index (χ4n) is 2.32. The second kappa shape index (κ2) is 5.14. The molecule has 0 bridgehead atoms. The van der Waals surface area contributed by atoms with Gasteiger partial charge in [0.2, 0.25) is 0 Å². The SMILES string of the molecule is O=C(Cl)c1ccc2c(c1)C(=O)N(Cc1ccccc1)C2=O. The summed E-state index contributed by atoms with van der Waals surface area (Å²) in [6.07, 6.45) is 0. The van der Waals surface area contributed by atoms with Crippen LogP contribution in [0.3, 0.4) is 0 Å². The van der Waals surface area contributed by atoms with Crippen LogP contribution in [0.1, 0.15) is 36.6 Å². The van der Waals surface area contributed by atoms with Gasteiger partial charge in [0.05, 0.1) is 17.7 Å². The number of benzene rings is 2. The molecule has 104 valence electrons. The van der Waals surface area contributed by atoms with Crippen LogP contribution >= 0.6 is 11.6 Å². The van der Waals surface area contributed by atoms with Crippen LogP contribution in [-0.2, 0) is 6.54 Å². The van der Waals surface area contributed by atoms with E-state index in [0.717, 1.165) is 5.56 Å². The third-order valence-electron chi connectivity index (χ3n) is 3.38. The molecule has 0 N–H and O–H groups in total. The fourth-order valence-corrected chi connectivity index (χ4v) is 2.44. The molecule has 0 saturated carbocycles. The van der Waals surface area contributed by atoms with E-state index >= 15 is 0 Å². The minimum atomic E-state index is -0.653. The summed E-state index contributed by atoms with van der Waals surface area (Å²) >= 11 is 5.41. The van der Waals surface area contributed by atoms with Gasteiger partial charge >= 0.3 is 0 Å². The molecule has 0 fully saturated rings.